The molecule has 1 N–H and O–H groups in total. The van der Waals surface area contributed by atoms with E-state index in [-0.39, 0.29) is 17.8 Å². The lowest BCUT2D eigenvalue weighted by atomic mass is 10.0. The second kappa shape index (κ2) is 8.10. The van der Waals surface area contributed by atoms with Gasteiger partial charge in [0, 0.05) is 37.7 Å². The van der Waals surface area contributed by atoms with Crippen LogP contribution in [0.1, 0.15) is 31.4 Å². The summed E-state index contributed by atoms with van der Waals surface area (Å²) in [5.74, 6) is -0.0643. The second-order valence-electron chi connectivity index (χ2n) is 5.18. The van der Waals surface area contributed by atoms with E-state index in [1.165, 1.54) is 6.07 Å². The maximum absolute atomic E-state index is 13.8. The minimum absolute atomic E-state index is 0.0521. The molecule has 21 heavy (non-hydrogen) atoms. The van der Waals surface area contributed by atoms with E-state index in [2.05, 4.69) is 5.32 Å². The smallest absolute Gasteiger partial charge is 0.224 e. The van der Waals surface area contributed by atoms with Crippen LogP contribution in [0.5, 0.6) is 0 Å². The highest BCUT2D eigenvalue weighted by Gasteiger charge is 2.17. The number of halogens is 1. The first-order valence-electron chi connectivity index (χ1n) is 7.55. The van der Waals surface area contributed by atoms with Gasteiger partial charge >= 0.3 is 0 Å². The molecule has 1 aromatic rings. The van der Waals surface area contributed by atoms with Gasteiger partial charge in [0.2, 0.25) is 5.91 Å². The first kappa shape index (κ1) is 15.9. The maximum Gasteiger partial charge on any atom is 0.224 e. The fourth-order valence-corrected chi connectivity index (χ4v) is 2.56. The molecule has 5 heteroatoms. The number of benzene rings is 1. The summed E-state index contributed by atoms with van der Waals surface area (Å²) in [5.41, 5.74) is 0.666. The van der Waals surface area contributed by atoms with Crippen LogP contribution in [0.3, 0.4) is 0 Å². The average molecular weight is 294 g/mol. The zero-order valence-corrected chi connectivity index (χ0v) is 12.5. The summed E-state index contributed by atoms with van der Waals surface area (Å²) in [7, 11) is 0. The number of carbonyl (C=O) groups excluding carboxylic acids is 1. The number of morpholine rings is 1. The molecule has 1 aliphatic rings. The number of rotatable bonds is 6. The molecule has 0 radical (unpaired) electrons. The predicted molar refractivity (Wildman–Crippen MR) is 79.5 cm³/mol. The first-order chi connectivity index (χ1) is 10.2. The van der Waals surface area contributed by atoms with Crippen LogP contribution in [0.25, 0.3) is 0 Å². The van der Waals surface area contributed by atoms with Crippen molar-refractivity contribution in [3.8, 4) is 0 Å². The monoisotopic (exact) mass is 294 g/mol. The normalized spacial score (nSPS) is 16.8. The molecule has 0 aliphatic carbocycles. The van der Waals surface area contributed by atoms with Crippen LogP contribution < -0.4 is 5.32 Å². The van der Waals surface area contributed by atoms with Crippen molar-refractivity contribution in [3.63, 3.8) is 0 Å². The molecule has 1 atom stereocenters. The number of nitrogens with one attached hydrogen (secondary N) is 1. The Morgan fingerprint density at radius 2 is 2.10 bits per heavy atom. The molecule has 1 amide bonds. The molecule has 116 valence electrons. The largest absolute Gasteiger partial charge is 0.378 e. The van der Waals surface area contributed by atoms with Crippen LogP contribution in [-0.2, 0) is 9.53 Å². The molecule has 2 rings (SSSR count). The quantitative estimate of drug-likeness (QED) is 0.874. The zero-order chi connectivity index (χ0) is 15.1. The zero-order valence-electron chi connectivity index (χ0n) is 12.5. The van der Waals surface area contributed by atoms with Gasteiger partial charge in [-0.2, -0.15) is 0 Å². The van der Waals surface area contributed by atoms with Crippen LogP contribution in [0.4, 0.5) is 4.39 Å². The van der Waals surface area contributed by atoms with Crippen LogP contribution in [0.15, 0.2) is 24.3 Å². The minimum Gasteiger partial charge on any atom is -0.378 e. The lowest BCUT2D eigenvalue weighted by Crippen LogP contribution is -2.41. The average Bonchev–Trinajstić information content (AvgIpc) is 2.53. The number of ether oxygens (including phenoxy) is 1. The lowest BCUT2D eigenvalue weighted by molar-refractivity contribution is -0.135. The Bertz CT molecular complexity index is 461. The van der Waals surface area contributed by atoms with Gasteiger partial charge in [-0.1, -0.05) is 25.1 Å². The van der Waals surface area contributed by atoms with Crippen molar-refractivity contribution in [2.24, 2.45) is 0 Å². The highest BCUT2D eigenvalue weighted by molar-refractivity contribution is 5.76. The number of hydrogen-bond acceptors (Lipinski definition) is 3. The molecule has 1 fully saturated rings. The molecule has 0 spiro atoms. The predicted octanol–water partition coefficient (Wildman–Crippen LogP) is 2.12. The third kappa shape index (κ3) is 4.51. The summed E-state index contributed by atoms with van der Waals surface area (Å²) in [6.45, 7) is 5.14. The number of hydrogen-bond donors (Lipinski definition) is 1. The molecular weight excluding hydrogens is 271 g/mol. The molecule has 1 unspecified atom stereocenters. The minimum atomic E-state index is -0.198. The molecule has 1 saturated heterocycles. The molecular formula is C16H23FN2O2. The van der Waals surface area contributed by atoms with Gasteiger partial charge in [-0.25, -0.2) is 4.39 Å². The van der Waals surface area contributed by atoms with Crippen LogP contribution in [0.2, 0.25) is 0 Å². The van der Waals surface area contributed by atoms with Crippen molar-refractivity contribution in [1.29, 1.82) is 0 Å². The highest BCUT2D eigenvalue weighted by atomic mass is 19.1. The summed E-state index contributed by atoms with van der Waals surface area (Å²) in [4.78, 5) is 13.9. The highest BCUT2D eigenvalue weighted by Crippen LogP contribution is 2.19. The van der Waals surface area contributed by atoms with Crippen molar-refractivity contribution < 1.29 is 13.9 Å². The molecule has 0 bridgehead atoms. The number of carbonyl (C=O) groups is 1. The van der Waals surface area contributed by atoms with Gasteiger partial charge in [0.1, 0.15) is 5.82 Å². The maximum atomic E-state index is 13.8. The summed E-state index contributed by atoms with van der Waals surface area (Å²) in [6, 6.07) is 6.73. The van der Waals surface area contributed by atoms with Crippen molar-refractivity contribution in [3.05, 3.63) is 35.6 Å². The Hall–Kier alpha value is -1.46. The van der Waals surface area contributed by atoms with Crippen molar-refractivity contribution in [2.45, 2.75) is 25.8 Å². The van der Waals surface area contributed by atoms with Gasteiger partial charge in [-0.15, -0.1) is 0 Å². The summed E-state index contributed by atoms with van der Waals surface area (Å²) >= 11 is 0. The van der Waals surface area contributed by atoms with Gasteiger partial charge in [0.25, 0.3) is 0 Å². The molecule has 1 aromatic carbocycles. The Morgan fingerprint density at radius 1 is 1.38 bits per heavy atom. The Balaban J connectivity index is 1.81. The summed E-state index contributed by atoms with van der Waals surface area (Å²) in [6.07, 6.45) is 1.22. The van der Waals surface area contributed by atoms with Crippen molar-refractivity contribution in [2.75, 3.05) is 32.8 Å². The van der Waals surface area contributed by atoms with Crippen LogP contribution >= 0.6 is 0 Å². The standard InChI is InChI=1S/C16H23FN2O2/c1-2-15(13-5-3-4-6-14(13)17)18-8-7-16(20)19-9-11-21-12-10-19/h3-6,15,18H,2,7-12H2,1H3. The number of nitrogens with zero attached hydrogens (tertiary/aromatic N) is 1. The van der Waals surface area contributed by atoms with E-state index >= 15 is 0 Å². The molecule has 0 aromatic heterocycles. The second-order valence-corrected chi connectivity index (χ2v) is 5.18. The van der Waals surface area contributed by atoms with Crippen molar-refractivity contribution in [1.82, 2.24) is 10.2 Å². The van der Waals surface area contributed by atoms with Crippen LogP contribution in [-0.4, -0.2) is 43.7 Å². The molecule has 1 heterocycles. The SMILES string of the molecule is CCC(NCCC(=O)N1CCOCC1)c1ccccc1F. The molecule has 1 aliphatic heterocycles. The van der Waals surface area contributed by atoms with E-state index in [4.69, 9.17) is 4.74 Å². The van der Waals surface area contributed by atoms with Gasteiger partial charge < -0.3 is 15.0 Å². The Morgan fingerprint density at radius 3 is 2.76 bits per heavy atom. The van der Waals surface area contributed by atoms with Crippen molar-refractivity contribution >= 4 is 5.91 Å². The fraction of sp³-hybridized carbons (Fsp3) is 0.562. The van der Waals surface area contributed by atoms with Gasteiger partial charge in [-0.05, 0) is 12.5 Å². The van der Waals surface area contributed by atoms with E-state index in [1.807, 2.05) is 17.9 Å². The van der Waals surface area contributed by atoms with Gasteiger partial charge in [0.05, 0.1) is 13.2 Å². The summed E-state index contributed by atoms with van der Waals surface area (Å²) in [5, 5.41) is 3.28. The lowest BCUT2D eigenvalue weighted by Gasteiger charge is -2.27. The van der Waals surface area contributed by atoms with Gasteiger partial charge in [-0.3, -0.25) is 4.79 Å². The molecule has 4 nitrogen and oxygen atoms in total. The fourth-order valence-electron chi connectivity index (χ4n) is 2.56. The van der Waals surface area contributed by atoms with Crippen LogP contribution in [0, 0.1) is 5.82 Å². The van der Waals surface area contributed by atoms with E-state index < -0.39 is 0 Å². The first-order valence-corrected chi connectivity index (χ1v) is 7.55. The van der Waals surface area contributed by atoms with E-state index in [1.54, 1.807) is 12.1 Å². The third-order valence-electron chi connectivity index (χ3n) is 3.78. The summed E-state index contributed by atoms with van der Waals surface area (Å²) < 4.78 is 19.0. The third-order valence-corrected chi connectivity index (χ3v) is 3.78. The number of amides is 1. The van der Waals surface area contributed by atoms with E-state index in [0.29, 0.717) is 44.8 Å². The topological polar surface area (TPSA) is 41.6 Å². The van der Waals surface area contributed by atoms with Gasteiger partial charge in [0.15, 0.2) is 0 Å². The van der Waals surface area contributed by atoms with E-state index in [9.17, 15) is 9.18 Å². The van der Waals surface area contributed by atoms with E-state index in [0.717, 1.165) is 6.42 Å². The Kier molecular flexibility index (Phi) is 6.14. The Labute approximate surface area is 125 Å². The molecule has 0 saturated carbocycles.